The number of unbranched alkanes of at least 4 members (excludes halogenated alkanes) is 2. The third kappa shape index (κ3) is 14.1. The number of nitrogens with zero attached hydrogens (tertiary/aromatic N) is 1. The molecule has 0 aromatic rings. The number of imide groups is 1. The quantitative estimate of drug-likeness (QED) is 0.0207. The van der Waals surface area contributed by atoms with Crippen molar-refractivity contribution in [3.05, 3.63) is 12.2 Å². The van der Waals surface area contributed by atoms with Gasteiger partial charge >= 0.3 is 5.97 Å². The number of nitrogens with one attached hydrogen (secondary N) is 3. The number of carbonyl (C=O) groups is 6. The Bertz CT molecular complexity index is 2020. The number of aliphatic hydroxyl groups is 10. The molecular weight excluding hydrogens is 1020 g/mol. The van der Waals surface area contributed by atoms with E-state index in [1.54, 1.807) is 19.1 Å². The first kappa shape index (κ1) is 61.3. The molecule has 6 aliphatic rings. The molecule has 0 aromatic heterocycles. The van der Waals surface area contributed by atoms with E-state index in [0.717, 1.165) is 6.92 Å². The van der Waals surface area contributed by atoms with Crippen molar-refractivity contribution >= 4 is 35.5 Å². The predicted molar refractivity (Wildman–Crippen MR) is 248 cm³/mol. The van der Waals surface area contributed by atoms with Gasteiger partial charge in [-0.15, -0.1) is 0 Å². The van der Waals surface area contributed by atoms with Crippen molar-refractivity contribution < 1.29 is 122 Å². The average molecular weight is 1100 g/mol. The van der Waals surface area contributed by atoms with Crippen LogP contribution < -0.4 is 16.1 Å². The van der Waals surface area contributed by atoms with Crippen molar-refractivity contribution in [2.24, 2.45) is 23.7 Å². The van der Waals surface area contributed by atoms with Crippen LogP contribution in [0.25, 0.3) is 0 Å². The molecule has 6 rings (SSSR count). The molecule has 5 saturated heterocycles. The SMILES string of the molecule is CNC(=O)CCC(=O)OCC1C=CC(C)C2C(=O)N(NC(=O)CCCCCOC3OC(C)C(O)C(OC4OC(CO)C(O)C(OC5OC(CO)C(O)C(O)C5OC5OC(C)C(O)C(O)C5O)C4NC(C)=O)C3O)C(=O)C12. The summed E-state index contributed by atoms with van der Waals surface area (Å²) in [4.78, 5) is 76.4. The summed E-state index contributed by atoms with van der Waals surface area (Å²) < 4.78 is 52.1. The van der Waals surface area contributed by atoms with Crippen molar-refractivity contribution in [1.29, 1.82) is 0 Å². The molecule has 24 atom stereocenters. The zero-order chi connectivity index (χ0) is 55.9. The van der Waals surface area contributed by atoms with E-state index >= 15 is 0 Å². The number of hydrogen-bond acceptors (Lipinski definition) is 25. The van der Waals surface area contributed by atoms with Crippen LogP contribution in [0, 0.1) is 23.7 Å². The summed E-state index contributed by atoms with van der Waals surface area (Å²) in [5.74, 6) is -6.29. The first-order chi connectivity index (χ1) is 36.0. The minimum absolute atomic E-state index is 0.0570. The third-order valence-corrected chi connectivity index (χ3v) is 14.4. The summed E-state index contributed by atoms with van der Waals surface area (Å²) in [5, 5.41) is 114. The number of ether oxygens (including phenoxy) is 9. The second kappa shape index (κ2) is 27.3. The highest BCUT2D eigenvalue weighted by Gasteiger charge is 2.57. The molecule has 5 heterocycles. The van der Waals surface area contributed by atoms with Crippen molar-refractivity contribution in [3.63, 3.8) is 0 Å². The lowest BCUT2D eigenvalue weighted by Gasteiger charge is -2.50. The third-order valence-electron chi connectivity index (χ3n) is 14.4. The Hall–Kier alpha value is -3.96. The molecule has 24 unspecified atom stereocenters. The van der Waals surface area contributed by atoms with Crippen LogP contribution in [0.1, 0.15) is 66.2 Å². The monoisotopic (exact) mass is 1090 g/mol. The molecule has 5 fully saturated rings. The molecule has 0 radical (unpaired) electrons. The number of allylic oxidation sites excluding steroid dienone is 1. The molecule has 5 aliphatic heterocycles. The largest absolute Gasteiger partial charge is 0.465 e. The molecule has 432 valence electrons. The van der Waals surface area contributed by atoms with E-state index in [1.807, 2.05) is 0 Å². The molecule has 0 bridgehead atoms. The standard InChI is InChI=1S/C47H74N4O25/c1-18-10-11-22(17-69-27(57)13-12-25(55)48-5)29-28(18)42(66)51(43(29)67)50-26(56)9-7-6-8-14-68-45-38(65)40(32(59)20(3)70-45)75-44-30(49-21(4)54)39(34(61)24(16-53)72-44)74-47-41(36(63)33(60)23(15-52)73-47)76-46-37(64)35(62)31(58)19(2)71-46/h10-11,18-20,22-24,28-41,44-47,52-53,58-65H,6-9,12-17H2,1-5H3,(H,48,55)(H,49,54)(H,50,56). The molecule has 1 aliphatic carbocycles. The first-order valence-corrected chi connectivity index (χ1v) is 25.4. The van der Waals surface area contributed by atoms with Gasteiger partial charge in [-0.3, -0.25) is 34.2 Å². The van der Waals surface area contributed by atoms with Crippen molar-refractivity contribution in [1.82, 2.24) is 21.1 Å². The number of amides is 5. The van der Waals surface area contributed by atoms with Crippen LogP contribution in [0.5, 0.6) is 0 Å². The summed E-state index contributed by atoms with van der Waals surface area (Å²) in [5.41, 5.74) is 2.41. The Kier molecular flexibility index (Phi) is 22.0. The first-order valence-electron chi connectivity index (χ1n) is 25.4. The number of rotatable bonds is 22. The van der Waals surface area contributed by atoms with Gasteiger partial charge in [-0.2, -0.15) is 5.01 Å². The summed E-state index contributed by atoms with van der Waals surface area (Å²) in [6, 6.07) is -1.60. The van der Waals surface area contributed by atoms with E-state index in [9.17, 15) is 79.8 Å². The van der Waals surface area contributed by atoms with Crippen LogP contribution in [0.15, 0.2) is 12.2 Å². The van der Waals surface area contributed by atoms with Gasteiger partial charge in [0, 0.05) is 39.3 Å². The fourth-order valence-electron chi connectivity index (χ4n) is 10.0. The number of carbonyl (C=O) groups excluding carboxylic acids is 6. The van der Waals surface area contributed by atoms with Crippen LogP contribution >= 0.6 is 0 Å². The lowest BCUT2D eigenvalue weighted by atomic mass is 9.73. The van der Waals surface area contributed by atoms with Gasteiger partial charge in [-0.1, -0.05) is 25.5 Å². The Balaban J connectivity index is 1.04. The average Bonchev–Trinajstić information content (AvgIpc) is 3.64. The lowest BCUT2D eigenvalue weighted by molar-refractivity contribution is -0.386. The van der Waals surface area contributed by atoms with E-state index in [2.05, 4.69) is 16.1 Å². The Labute approximate surface area is 436 Å². The Morgan fingerprint density at radius 1 is 0.605 bits per heavy atom. The maximum atomic E-state index is 13.5. The fraction of sp³-hybridized carbons (Fsp3) is 0.830. The minimum atomic E-state index is -1.98. The van der Waals surface area contributed by atoms with Gasteiger partial charge in [0.15, 0.2) is 25.2 Å². The lowest BCUT2D eigenvalue weighted by Crippen LogP contribution is -2.70. The number of aliphatic hydroxyl groups excluding tert-OH is 10. The predicted octanol–water partition coefficient (Wildman–Crippen LogP) is -6.44. The van der Waals surface area contributed by atoms with Crippen molar-refractivity contribution in [2.75, 3.05) is 33.5 Å². The topological polar surface area (TPSA) is 427 Å². The van der Waals surface area contributed by atoms with E-state index < -0.39 is 183 Å². The highest BCUT2D eigenvalue weighted by molar-refractivity contribution is 6.06. The van der Waals surface area contributed by atoms with Gasteiger partial charge in [-0.05, 0) is 32.6 Å². The molecule has 0 saturated carbocycles. The number of hydrogen-bond donors (Lipinski definition) is 13. The van der Waals surface area contributed by atoms with Crippen molar-refractivity contribution in [2.45, 2.75) is 189 Å². The molecule has 5 amide bonds. The summed E-state index contributed by atoms with van der Waals surface area (Å²) in [6.45, 7) is 3.60. The molecular formula is C47H74N4O25. The summed E-state index contributed by atoms with van der Waals surface area (Å²) in [6.07, 6.45) is -27.7. The van der Waals surface area contributed by atoms with Gasteiger partial charge < -0.3 is 104 Å². The van der Waals surface area contributed by atoms with Crippen LogP contribution in [-0.2, 0) is 71.4 Å². The second-order valence-electron chi connectivity index (χ2n) is 19.9. The smallest absolute Gasteiger partial charge is 0.306 e. The van der Waals surface area contributed by atoms with Crippen LogP contribution in [0.4, 0.5) is 0 Å². The minimum Gasteiger partial charge on any atom is -0.465 e. The number of hydrazine groups is 1. The van der Waals surface area contributed by atoms with Crippen LogP contribution in [-0.4, -0.2) is 248 Å². The maximum Gasteiger partial charge on any atom is 0.306 e. The molecule has 76 heavy (non-hydrogen) atoms. The van der Waals surface area contributed by atoms with Crippen LogP contribution in [0.2, 0.25) is 0 Å². The maximum absolute atomic E-state index is 13.5. The molecule has 29 nitrogen and oxygen atoms in total. The highest BCUT2D eigenvalue weighted by Crippen LogP contribution is 2.42. The zero-order valence-electron chi connectivity index (χ0n) is 42.6. The number of fused-ring (bicyclic) bond motifs is 1. The van der Waals surface area contributed by atoms with E-state index in [4.69, 9.17) is 42.6 Å². The van der Waals surface area contributed by atoms with Gasteiger partial charge in [-0.25, -0.2) is 0 Å². The van der Waals surface area contributed by atoms with E-state index in [-0.39, 0.29) is 50.7 Å². The molecule has 13 N–H and O–H groups in total. The van der Waals surface area contributed by atoms with Gasteiger partial charge in [0.1, 0.15) is 85.4 Å². The Morgan fingerprint density at radius 2 is 1.22 bits per heavy atom. The molecule has 0 aromatic carbocycles. The summed E-state index contributed by atoms with van der Waals surface area (Å²) in [7, 11) is 1.44. The normalized spacial score (nSPS) is 41.5. The van der Waals surface area contributed by atoms with Crippen molar-refractivity contribution in [3.8, 4) is 0 Å². The van der Waals surface area contributed by atoms with Gasteiger partial charge in [0.25, 0.3) is 11.8 Å². The van der Waals surface area contributed by atoms with Gasteiger partial charge in [0.2, 0.25) is 17.7 Å². The summed E-state index contributed by atoms with van der Waals surface area (Å²) >= 11 is 0. The molecule has 29 heteroatoms. The highest BCUT2D eigenvalue weighted by atomic mass is 16.8. The Morgan fingerprint density at radius 3 is 1.89 bits per heavy atom. The van der Waals surface area contributed by atoms with E-state index in [1.165, 1.54) is 20.9 Å². The van der Waals surface area contributed by atoms with E-state index in [0.29, 0.717) is 17.9 Å². The fourth-order valence-corrected chi connectivity index (χ4v) is 10.0. The zero-order valence-corrected chi connectivity index (χ0v) is 42.6. The number of esters is 1. The van der Waals surface area contributed by atoms with Crippen LogP contribution in [0.3, 0.4) is 0 Å². The second-order valence-corrected chi connectivity index (χ2v) is 19.9. The molecule has 0 spiro atoms. The van der Waals surface area contributed by atoms with Gasteiger partial charge in [0.05, 0.1) is 50.3 Å².